The van der Waals surface area contributed by atoms with Gasteiger partial charge in [-0.3, -0.25) is 14.4 Å². The number of phenols is 1. The number of hydrogen-bond donors (Lipinski definition) is 3. The van der Waals surface area contributed by atoms with Crippen molar-refractivity contribution in [2.45, 2.75) is 26.3 Å². The van der Waals surface area contributed by atoms with Crippen LogP contribution in [-0.4, -0.2) is 53.4 Å². The lowest BCUT2D eigenvalue weighted by molar-refractivity contribution is -0.129. The minimum Gasteiger partial charge on any atom is -0.508 e. The van der Waals surface area contributed by atoms with E-state index in [0.29, 0.717) is 12.1 Å². The molecule has 1 aromatic carbocycles. The Morgan fingerprint density at radius 1 is 1.29 bits per heavy atom. The molecule has 1 heterocycles. The summed E-state index contributed by atoms with van der Waals surface area (Å²) in [5.41, 5.74) is 0.357. The van der Waals surface area contributed by atoms with Crippen molar-refractivity contribution in [1.82, 2.24) is 15.5 Å². The van der Waals surface area contributed by atoms with E-state index in [1.54, 1.807) is 17.0 Å². The number of hydrogen-bond acceptors (Lipinski definition) is 4. The van der Waals surface area contributed by atoms with Crippen LogP contribution < -0.4 is 10.6 Å². The maximum atomic E-state index is 12.1. The van der Waals surface area contributed by atoms with Gasteiger partial charge < -0.3 is 20.6 Å². The molecule has 1 aliphatic heterocycles. The van der Waals surface area contributed by atoms with Crippen LogP contribution in [0, 0.1) is 5.92 Å². The quantitative estimate of drug-likeness (QED) is 0.660. The van der Waals surface area contributed by atoms with Gasteiger partial charge in [0.05, 0.1) is 5.92 Å². The van der Waals surface area contributed by atoms with Crippen molar-refractivity contribution in [3.63, 3.8) is 0 Å². The molecule has 1 atom stereocenters. The highest BCUT2D eigenvalue weighted by Crippen LogP contribution is 2.20. The molecule has 0 saturated carbocycles. The van der Waals surface area contributed by atoms with Crippen molar-refractivity contribution in [2.75, 3.05) is 19.6 Å². The van der Waals surface area contributed by atoms with Gasteiger partial charge in [0.2, 0.25) is 11.8 Å². The van der Waals surface area contributed by atoms with E-state index in [2.05, 4.69) is 10.6 Å². The summed E-state index contributed by atoms with van der Waals surface area (Å²) in [6.45, 7) is 4.85. The number of carbonyl (C=O) groups is 3. The Kier molecular flexibility index (Phi) is 5.78. The van der Waals surface area contributed by atoms with E-state index >= 15 is 0 Å². The van der Waals surface area contributed by atoms with E-state index < -0.39 is 0 Å². The highest BCUT2D eigenvalue weighted by molar-refractivity contribution is 5.94. The molecule has 1 aliphatic rings. The first-order chi connectivity index (χ1) is 11.4. The van der Waals surface area contributed by atoms with Crippen molar-refractivity contribution < 1.29 is 19.5 Å². The molecule has 0 aliphatic carbocycles. The average Bonchev–Trinajstić information content (AvgIpc) is 2.93. The lowest BCUT2D eigenvalue weighted by Crippen LogP contribution is -2.39. The molecular formula is C17H23N3O4. The zero-order valence-electron chi connectivity index (χ0n) is 13.9. The minimum absolute atomic E-state index is 0.00216. The monoisotopic (exact) mass is 333 g/mol. The van der Waals surface area contributed by atoms with E-state index in [1.165, 1.54) is 12.1 Å². The van der Waals surface area contributed by atoms with Crippen LogP contribution in [0.25, 0.3) is 0 Å². The first-order valence-electron chi connectivity index (χ1n) is 8.03. The van der Waals surface area contributed by atoms with E-state index in [-0.39, 0.29) is 54.9 Å². The van der Waals surface area contributed by atoms with E-state index in [0.717, 1.165) is 0 Å². The molecule has 7 heteroatoms. The topological polar surface area (TPSA) is 98.7 Å². The SMILES string of the molecule is CC(C)N1CC(C(=O)NCCNC(=O)c2cccc(O)c2)CC1=O. The number of benzene rings is 1. The molecule has 0 spiro atoms. The molecule has 3 amide bonds. The van der Waals surface area contributed by atoms with Crippen LogP contribution in [0.2, 0.25) is 0 Å². The third-order valence-corrected chi connectivity index (χ3v) is 3.97. The molecule has 24 heavy (non-hydrogen) atoms. The van der Waals surface area contributed by atoms with Gasteiger partial charge in [-0.05, 0) is 32.0 Å². The number of nitrogens with one attached hydrogen (secondary N) is 2. The van der Waals surface area contributed by atoms with Gasteiger partial charge in [-0.2, -0.15) is 0 Å². The summed E-state index contributed by atoms with van der Waals surface area (Å²) in [5.74, 6) is -0.791. The van der Waals surface area contributed by atoms with Gasteiger partial charge in [-0.25, -0.2) is 0 Å². The van der Waals surface area contributed by atoms with Crippen molar-refractivity contribution in [3.05, 3.63) is 29.8 Å². The number of likely N-dealkylation sites (tertiary alicyclic amines) is 1. The summed E-state index contributed by atoms with van der Waals surface area (Å²) < 4.78 is 0. The van der Waals surface area contributed by atoms with Crippen molar-refractivity contribution in [1.29, 1.82) is 0 Å². The molecule has 7 nitrogen and oxygen atoms in total. The molecule has 3 N–H and O–H groups in total. The molecule has 0 aromatic heterocycles. The minimum atomic E-state index is -0.332. The van der Waals surface area contributed by atoms with Gasteiger partial charge >= 0.3 is 0 Å². The molecule has 1 unspecified atom stereocenters. The molecular weight excluding hydrogens is 310 g/mol. The average molecular weight is 333 g/mol. The van der Waals surface area contributed by atoms with Crippen LogP contribution in [-0.2, 0) is 9.59 Å². The van der Waals surface area contributed by atoms with Gasteiger partial charge in [0.15, 0.2) is 0 Å². The Labute approximate surface area is 141 Å². The molecule has 1 saturated heterocycles. The van der Waals surface area contributed by atoms with Crippen molar-refractivity contribution in [3.8, 4) is 5.75 Å². The van der Waals surface area contributed by atoms with Crippen LogP contribution in [0.3, 0.4) is 0 Å². The van der Waals surface area contributed by atoms with E-state index in [4.69, 9.17) is 0 Å². The van der Waals surface area contributed by atoms with Crippen LogP contribution in [0.4, 0.5) is 0 Å². The normalized spacial score (nSPS) is 17.2. The van der Waals surface area contributed by atoms with E-state index in [9.17, 15) is 19.5 Å². The maximum Gasteiger partial charge on any atom is 0.251 e. The smallest absolute Gasteiger partial charge is 0.251 e. The first-order valence-corrected chi connectivity index (χ1v) is 8.03. The van der Waals surface area contributed by atoms with Crippen LogP contribution in [0.1, 0.15) is 30.6 Å². The molecule has 0 bridgehead atoms. The lowest BCUT2D eigenvalue weighted by atomic mass is 10.1. The predicted molar refractivity (Wildman–Crippen MR) is 88.4 cm³/mol. The summed E-state index contributed by atoms with van der Waals surface area (Å²) >= 11 is 0. The molecule has 1 fully saturated rings. The Morgan fingerprint density at radius 2 is 2.00 bits per heavy atom. The Balaban J connectivity index is 1.72. The standard InChI is InChI=1S/C17H23N3O4/c1-11(2)20-10-13(9-15(20)22)17(24)19-7-6-18-16(23)12-4-3-5-14(21)8-12/h3-5,8,11,13,21H,6-7,9-10H2,1-2H3,(H,18,23)(H,19,24). The number of rotatable bonds is 6. The fraction of sp³-hybridized carbons (Fsp3) is 0.471. The highest BCUT2D eigenvalue weighted by atomic mass is 16.3. The second-order valence-corrected chi connectivity index (χ2v) is 6.14. The zero-order valence-corrected chi connectivity index (χ0v) is 13.9. The molecule has 1 aromatic rings. The molecule has 2 rings (SSSR count). The zero-order chi connectivity index (χ0) is 17.7. The number of carbonyl (C=O) groups excluding carboxylic acids is 3. The summed E-state index contributed by atoms with van der Waals surface area (Å²) in [4.78, 5) is 37.5. The van der Waals surface area contributed by atoms with Gasteiger partial charge in [0.1, 0.15) is 5.75 Å². The summed E-state index contributed by atoms with van der Waals surface area (Å²) in [6.07, 6.45) is 0.236. The van der Waals surface area contributed by atoms with Gasteiger partial charge in [-0.15, -0.1) is 0 Å². The third-order valence-electron chi connectivity index (χ3n) is 3.97. The van der Waals surface area contributed by atoms with Crippen LogP contribution >= 0.6 is 0 Å². The number of nitrogens with zero attached hydrogens (tertiary/aromatic N) is 1. The second kappa shape index (κ2) is 7.81. The molecule has 0 radical (unpaired) electrons. The predicted octanol–water partition coefficient (Wildman–Crippen LogP) is 0.495. The van der Waals surface area contributed by atoms with Crippen LogP contribution in [0.15, 0.2) is 24.3 Å². The third kappa shape index (κ3) is 4.47. The maximum absolute atomic E-state index is 12.1. The summed E-state index contributed by atoms with van der Waals surface area (Å²) in [6, 6.07) is 6.14. The van der Waals surface area contributed by atoms with Gasteiger partial charge in [0, 0.05) is 37.7 Å². The Bertz CT molecular complexity index is 630. The molecule has 130 valence electrons. The highest BCUT2D eigenvalue weighted by Gasteiger charge is 2.35. The van der Waals surface area contributed by atoms with Crippen molar-refractivity contribution >= 4 is 17.7 Å². The van der Waals surface area contributed by atoms with Crippen LogP contribution in [0.5, 0.6) is 5.75 Å². The summed E-state index contributed by atoms with van der Waals surface area (Å²) in [7, 11) is 0. The largest absolute Gasteiger partial charge is 0.508 e. The second-order valence-electron chi connectivity index (χ2n) is 6.14. The lowest BCUT2D eigenvalue weighted by Gasteiger charge is -2.20. The number of amides is 3. The van der Waals surface area contributed by atoms with Gasteiger partial charge in [0.25, 0.3) is 5.91 Å². The summed E-state index contributed by atoms with van der Waals surface area (Å²) in [5, 5.41) is 14.7. The fourth-order valence-electron chi connectivity index (χ4n) is 2.66. The number of phenolic OH excluding ortho intramolecular Hbond substituents is 1. The van der Waals surface area contributed by atoms with Gasteiger partial charge in [-0.1, -0.05) is 6.07 Å². The number of aromatic hydroxyl groups is 1. The van der Waals surface area contributed by atoms with Crippen molar-refractivity contribution in [2.24, 2.45) is 5.92 Å². The first kappa shape index (κ1) is 17.8. The Hall–Kier alpha value is -2.57. The van der Waals surface area contributed by atoms with E-state index in [1.807, 2.05) is 13.8 Å². The fourth-order valence-corrected chi connectivity index (χ4v) is 2.66. The Morgan fingerprint density at radius 3 is 2.62 bits per heavy atom.